The number of phenolic OH excluding ortho intramolecular Hbond substituents is 1. The van der Waals surface area contributed by atoms with Crippen molar-refractivity contribution in [3.05, 3.63) is 51.5 Å². The molecule has 0 bridgehead atoms. The van der Waals surface area contributed by atoms with E-state index in [9.17, 15) is 14.7 Å². The summed E-state index contributed by atoms with van der Waals surface area (Å²) in [5, 5.41) is 23.6. The normalized spacial score (nSPS) is 12.9. The molecule has 2 amide bonds. The minimum atomic E-state index is -0.380. The highest BCUT2D eigenvalue weighted by Gasteiger charge is 2.27. The number of carbonyl (C=O) groups excluding carboxylic acids is 2. The van der Waals surface area contributed by atoms with E-state index in [1.54, 1.807) is 18.2 Å². The van der Waals surface area contributed by atoms with Crippen molar-refractivity contribution in [2.45, 2.75) is 46.0 Å². The van der Waals surface area contributed by atoms with E-state index in [2.05, 4.69) is 20.8 Å². The predicted molar refractivity (Wildman–Crippen MR) is 133 cm³/mol. The lowest BCUT2D eigenvalue weighted by atomic mass is 9.95. The molecule has 0 atom stereocenters. The van der Waals surface area contributed by atoms with Crippen LogP contribution in [0.1, 0.15) is 63.0 Å². The number of hydrogen-bond acceptors (Lipinski definition) is 6. The van der Waals surface area contributed by atoms with Gasteiger partial charge in [-0.15, -0.1) is 11.3 Å². The molecule has 9 heteroatoms. The number of aromatic hydroxyl groups is 1. The molecule has 0 spiro atoms. The Labute approximate surface area is 202 Å². The summed E-state index contributed by atoms with van der Waals surface area (Å²) in [6.07, 6.45) is 4.61. The molecular formula is C25H30N4O4S. The molecule has 0 unspecified atom stereocenters. The average molecular weight is 483 g/mol. The molecule has 1 aliphatic carbocycles. The SMILES string of the molecule is CCOCCCNC(=O)c1c(NC(=O)c2cc(-c3ccc(C)cc3O)n[nH]2)sc2c1CCCC2. The number of benzene rings is 1. The fourth-order valence-corrected chi connectivity index (χ4v) is 5.39. The zero-order chi connectivity index (χ0) is 24.1. The minimum Gasteiger partial charge on any atom is -0.507 e. The van der Waals surface area contributed by atoms with Crippen LogP contribution in [-0.4, -0.2) is 46.9 Å². The van der Waals surface area contributed by atoms with Gasteiger partial charge in [-0.05, 0) is 75.3 Å². The maximum Gasteiger partial charge on any atom is 0.274 e. The summed E-state index contributed by atoms with van der Waals surface area (Å²) in [7, 11) is 0. The Morgan fingerprint density at radius 3 is 2.82 bits per heavy atom. The molecule has 2 aromatic heterocycles. The molecule has 1 aliphatic rings. The second-order valence-electron chi connectivity index (χ2n) is 8.36. The van der Waals surface area contributed by atoms with Crippen molar-refractivity contribution in [1.29, 1.82) is 0 Å². The molecule has 0 saturated carbocycles. The number of anilines is 1. The molecule has 0 radical (unpaired) electrons. The summed E-state index contributed by atoms with van der Waals surface area (Å²) in [5.41, 5.74) is 3.81. The molecule has 0 fully saturated rings. The largest absolute Gasteiger partial charge is 0.507 e. The fourth-order valence-electron chi connectivity index (χ4n) is 4.11. The van der Waals surface area contributed by atoms with Crippen LogP contribution in [-0.2, 0) is 17.6 Å². The van der Waals surface area contributed by atoms with Crippen LogP contribution in [0.2, 0.25) is 0 Å². The molecule has 4 rings (SSSR count). The van der Waals surface area contributed by atoms with E-state index in [1.165, 1.54) is 11.3 Å². The zero-order valence-corrected chi connectivity index (χ0v) is 20.3. The van der Waals surface area contributed by atoms with Crippen molar-refractivity contribution in [2.75, 3.05) is 25.1 Å². The molecule has 180 valence electrons. The Morgan fingerprint density at radius 2 is 2.03 bits per heavy atom. The van der Waals surface area contributed by atoms with E-state index < -0.39 is 0 Å². The first-order valence-electron chi connectivity index (χ1n) is 11.6. The first-order valence-corrected chi connectivity index (χ1v) is 12.5. The minimum absolute atomic E-state index is 0.104. The number of nitrogens with zero attached hydrogens (tertiary/aromatic N) is 1. The van der Waals surface area contributed by atoms with E-state index in [0.29, 0.717) is 41.6 Å². The van der Waals surface area contributed by atoms with E-state index in [1.807, 2.05) is 19.9 Å². The number of thiophene rings is 1. The quantitative estimate of drug-likeness (QED) is 0.337. The summed E-state index contributed by atoms with van der Waals surface area (Å²) in [6.45, 7) is 5.60. The van der Waals surface area contributed by atoms with Crippen LogP contribution < -0.4 is 10.6 Å². The Kier molecular flexibility index (Phi) is 7.64. The second kappa shape index (κ2) is 10.8. The summed E-state index contributed by atoms with van der Waals surface area (Å²) < 4.78 is 5.34. The van der Waals surface area contributed by atoms with Gasteiger partial charge in [0.15, 0.2) is 0 Å². The number of nitrogens with one attached hydrogen (secondary N) is 3. The van der Waals surface area contributed by atoms with Gasteiger partial charge in [0.2, 0.25) is 0 Å². The molecule has 4 N–H and O–H groups in total. The maximum atomic E-state index is 13.1. The fraction of sp³-hybridized carbons (Fsp3) is 0.400. The summed E-state index contributed by atoms with van der Waals surface area (Å²) in [6, 6.07) is 6.89. The van der Waals surface area contributed by atoms with Crippen molar-refractivity contribution in [3.63, 3.8) is 0 Å². The predicted octanol–water partition coefficient (Wildman–Crippen LogP) is 4.44. The number of aromatic nitrogens is 2. The number of carbonyl (C=O) groups is 2. The number of rotatable bonds is 9. The number of hydrogen-bond donors (Lipinski definition) is 4. The van der Waals surface area contributed by atoms with Crippen LogP contribution in [0.4, 0.5) is 5.00 Å². The van der Waals surface area contributed by atoms with E-state index in [4.69, 9.17) is 4.74 Å². The number of H-pyrrole nitrogens is 1. The number of phenols is 1. The average Bonchev–Trinajstić information content (AvgIpc) is 3.44. The maximum absolute atomic E-state index is 13.1. The number of aryl methyl sites for hydroxylation is 2. The number of ether oxygens (including phenoxy) is 1. The summed E-state index contributed by atoms with van der Waals surface area (Å²) >= 11 is 1.48. The second-order valence-corrected chi connectivity index (χ2v) is 9.47. The molecule has 3 aromatic rings. The molecule has 8 nitrogen and oxygen atoms in total. The van der Waals surface area contributed by atoms with E-state index in [-0.39, 0.29) is 23.3 Å². The Balaban J connectivity index is 1.52. The zero-order valence-electron chi connectivity index (χ0n) is 19.5. The van der Waals surface area contributed by atoms with Crippen molar-refractivity contribution in [1.82, 2.24) is 15.5 Å². The first-order chi connectivity index (χ1) is 16.5. The highest BCUT2D eigenvalue weighted by molar-refractivity contribution is 7.17. The van der Waals surface area contributed by atoms with Gasteiger partial charge in [-0.3, -0.25) is 14.7 Å². The van der Waals surface area contributed by atoms with Gasteiger partial charge < -0.3 is 20.5 Å². The van der Waals surface area contributed by atoms with Gasteiger partial charge >= 0.3 is 0 Å². The topological polar surface area (TPSA) is 116 Å². The van der Waals surface area contributed by atoms with Crippen molar-refractivity contribution < 1.29 is 19.4 Å². The number of fused-ring (bicyclic) bond motifs is 1. The third kappa shape index (κ3) is 5.31. The third-order valence-corrected chi connectivity index (χ3v) is 7.04. The molecular weight excluding hydrogens is 452 g/mol. The molecule has 0 aliphatic heterocycles. The van der Waals surface area contributed by atoms with Crippen LogP contribution in [0.15, 0.2) is 24.3 Å². The van der Waals surface area contributed by atoms with Crippen molar-refractivity contribution in [2.24, 2.45) is 0 Å². The van der Waals surface area contributed by atoms with Gasteiger partial charge in [-0.1, -0.05) is 6.07 Å². The van der Waals surface area contributed by atoms with Gasteiger partial charge in [0, 0.05) is 30.2 Å². The summed E-state index contributed by atoms with van der Waals surface area (Å²) in [4.78, 5) is 27.3. The van der Waals surface area contributed by atoms with E-state index >= 15 is 0 Å². The lowest BCUT2D eigenvalue weighted by Gasteiger charge is -2.13. The standard InChI is InChI=1S/C25H30N4O4S/c1-3-33-12-6-11-26-24(32)22-17-7-4-5-8-21(17)34-25(22)27-23(31)19-14-18(28-29-19)16-10-9-15(2)13-20(16)30/h9-10,13-14,30H,3-8,11-12H2,1-2H3,(H,26,32)(H,27,31)(H,28,29). The van der Waals surface area contributed by atoms with Crippen LogP contribution in [0.5, 0.6) is 5.75 Å². The van der Waals surface area contributed by atoms with E-state index in [0.717, 1.165) is 48.1 Å². The molecule has 34 heavy (non-hydrogen) atoms. The van der Waals surface area contributed by atoms with Crippen molar-refractivity contribution >= 4 is 28.2 Å². The van der Waals surface area contributed by atoms with Crippen LogP contribution >= 0.6 is 11.3 Å². The Hall–Kier alpha value is -3.17. The monoisotopic (exact) mass is 482 g/mol. The van der Waals surface area contributed by atoms with Gasteiger partial charge in [-0.2, -0.15) is 5.10 Å². The molecule has 1 aromatic carbocycles. The smallest absolute Gasteiger partial charge is 0.274 e. The highest BCUT2D eigenvalue weighted by atomic mass is 32.1. The molecule has 2 heterocycles. The Morgan fingerprint density at radius 1 is 1.21 bits per heavy atom. The van der Waals surface area contributed by atoms with Gasteiger partial charge in [0.05, 0.1) is 11.3 Å². The van der Waals surface area contributed by atoms with Crippen LogP contribution in [0, 0.1) is 6.92 Å². The Bertz CT molecular complexity index is 1180. The van der Waals surface area contributed by atoms with Gasteiger partial charge in [0.1, 0.15) is 16.4 Å². The lowest BCUT2D eigenvalue weighted by Crippen LogP contribution is -2.27. The first kappa shape index (κ1) is 24.0. The van der Waals surface area contributed by atoms with Gasteiger partial charge in [0.25, 0.3) is 11.8 Å². The van der Waals surface area contributed by atoms with Crippen LogP contribution in [0.3, 0.4) is 0 Å². The van der Waals surface area contributed by atoms with Crippen LogP contribution in [0.25, 0.3) is 11.3 Å². The summed E-state index contributed by atoms with van der Waals surface area (Å²) in [5.74, 6) is -0.442. The number of aromatic amines is 1. The van der Waals surface area contributed by atoms with Crippen molar-refractivity contribution in [3.8, 4) is 17.0 Å². The highest BCUT2D eigenvalue weighted by Crippen LogP contribution is 2.38. The lowest BCUT2D eigenvalue weighted by molar-refractivity contribution is 0.0944. The molecule has 0 saturated heterocycles. The third-order valence-electron chi connectivity index (χ3n) is 5.83. The van der Waals surface area contributed by atoms with Gasteiger partial charge in [-0.25, -0.2) is 0 Å². The number of amides is 2.